The van der Waals surface area contributed by atoms with Crippen LogP contribution in [0.2, 0.25) is 0 Å². The number of aryl methyl sites for hydroxylation is 4. The van der Waals surface area contributed by atoms with Gasteiger partial charge >= 0.3 is 0 Å². The Morgan fingerprint density at radius 1 is 0.258 bits per heavy atom. The molecule has 0 N–H and O–H groups in total. The van der Waals surface area contributed by atoms with Crippen molar-refractivity contribution >= 4 is 11.4 Å². The molecule has 0 saturated heterocycles. The average molecular weight is 2450 g/mol. The van der Waals surface area contributed by atoms with Gasteiger partial charge in [-0.05, 0) is 122 Å². The van der Waals surface area contributed by atoms with Gasteiger partial charge in [-0.1, -0.05) is 155 Å². The van der Waals surface area contributed by atoms with Crippen molar-refractivity contribution < 1.29 is 151 Å². The standard InChI is InChI=1S/2C13H7F2N2.2C12H5F2N2.2C11H7F2N2.2C10H5F2N2.4Ir/c2*1-8-4-3-5-11(17-8)9-6-7-10(14)13(16-2)12(9)15;2*13-10-5-4-8(12(14)9(10)7-15)11-3-1-2-6-16-11;2*1-7-3-2-4-9(14-7)8-5-6-10(12)15-11(8)13;2*11-9-5-4-7(10(12)14-9)8-3-1-2-6-13-8;;;;/h2*3-5,7H,1H3;2*1-3,5-6H;2*2-4,6H,1H3;2*1-3,5-6H;;;;/q8*-1;;;;. The van der Waals surface area contributed by atoms with Crippen molar-refractivity contribution in [1.82, 2.24) is 59.8 Å². The fourth-order valence-corrected chi connectivity index (χ4v) is 10.1. The minimum absolute atomic E-state index is 0. The Hall–Kier alpha value is -13.9. The molecule has 0 saturated carbocycles. The van der Waals surface area contributed by atoms with Crippen LogP contribution < -0.4 is 0 Å². The zero-order valence-electron chi connectivity index (χ0n) is 65.3. The van der Waals surface area contributed by atoms with E-state index in [-0.39, 0.29) is 125 Å². The second-order valence-electron chi connectivity index (χ2n) is 24.3. The molecule has 4 aromatic carbocycles. The molecule has 12 aromatic heterocycles. The minimum Gasteiger partial charge on any atom is -0.305 e. The van der Waals surface area contributed by atoms with Gasteiger partial charge in [-0.25, -0.2) is 35.1 Å². The number of benzene rings is 4. The van der Waals surface area contributed by atoms with Gasteiger partial charge in [0, 0.05) is 162 Å². The first kappa shape index (κ1) is 105. The van der Waals surface area contributed by atoms with Gasteiger partial charge in [0.1, 0.15) is 47.6 Å². The number of hydrogen-bond acceptors (Lipinski definition) is 14. The molecule has 0 aliphatic heterocycles. The summed E-state index contributed by atoms with van der Waals surface area (Å²) >= 11 is 0. The van der Waals surface area contributed by atoms with Crippen molar-refractivity contribution in [3.63, 3.8) is 0 Å². The van der Waals surface area contributed by atoms with Gasteiger partial charge in [0.05, 0.1) is 48.6 Å². The van der Waals surface area contributed by atoms with Crippen molar-refractivity contribution in [1.29, 1.82) is 10.5 Å². The van der Waals surface area contributed by atoms with Crippen molar-refractivity contribution in [3.8, 4) is 102 Å². The quantitative estimate of drug-likeness (QED) is 0.0787. The summed E-state index contributed by atoms with van der Waals surface area (Å²) in [5.74, 6) is -14.5. The van der Waals surface area contributed by atoms with Crippen molar-refractivity contribution in [2.24, 2.45) is 0 Å². The monoisotopic (exact) mass is 2450 g/mol. The predicted octanol–water partition coefficient (Wildman–Crippen LogP) is 22.3. The molecule has 0 aliphatic carbocycles. The summed E-state index contributed by atoms with van der Waals surface area (Å²) in [7, 11) is 0. The maximum atomic E-state index is 13.8. The summed E-state index contributed by atoms with van der Waals surface area (Å²) < 4.78 is 210. The molecule has 36 heteroatoms. The second kappa shape index (κ2) is 51.5. The van der Waals surface area contributed by atoms with E-state index in [1.807, 2.05) is 0 Å². The molecule has 12 heterocycles. The van der Waals surface area contributed by atoms with E-state index in [4.69, 9.17) is 23.7 Å². The molecule has 16 aromatic rings. The van der Waals surface area contributed by atoms with E-state index >= 15 is 0 Å². The van der Waals surface area contributed by atoms with Crippen LogP contribution in [0.4, 0.5) is 81.6 Å². The molecule has 0 bridgehead atoms. The van der Waals surface area contributed by atoms with Gasteiger partial charge in [-0.2, -0.15) is 10.5 Å². The zero-order valence-corrected chi connectivity index (χ0v) is 74.9. The Balaban J connectivity index is 0.000000258. The summed E-state index contributed by atoms with van der Waals surface area (Å²) in [6, 6.07) is 70.6. The van der Waals surface area contributed by atoms with E-state index < -0.39 is 117 Å². The Morgan fingerprint density at radius 3 is 0.688 bits per heavy atom. The summed E-state index contributed by atoms with van der Waals surface area (Å²) in [5.41, 5.74) is 3.70. The van der Waals surface area contributed by atoms with Gasteiger partial charge in [0.15, 0.2) is 11.4 Å². The van der Waals surface area contributed by atoms with E-state index in [1.165, 1.54) is 36.9 Å². The third kappa shape index (κ3) is 29.1. The predicted molar refractivity (Wildman–Crippen MR) is 419 cm³/mol. The van der Waals surface area contributed by atoms with E-state index in [2.05, 4.69) is 118 Å². The molecule has 0 aliphatic rings. The molecule has 652 valence electrons. The topological polar surface area (TPSA) is 211 Å². The molecule has 0 amide bonds. The first-order valence-corrected chi connectivity index (χ1v) is 35.1. The van der Waals surface area contributed by atoms with Gasteiger partial charge in [0.25, 0.3) is 0 Å². The fourth-order valence-electron chi connectivity index (χ4n) is 10.1. The van der Waals surface area contributed by atoms with Crippen LogP contribution in [0.1, 0.15) is 33.9 Å². The van der Waals surface area contributed by atoms with Crippen LogP contribution in [0.5, 0.6) is 0 Å². The summed E-state index contributed by atoms with van der Waals surface area (Å²) in [4.78, 5) is 50.0. The fraction of sp³-hybridized carbons (Fsp3) is 0.0435. The van der Waals surface area contributed by atoms with Gasteiger partial charge in [0.2, 0.25) is 0 Å². The number of pyridine rings is 12. The molecular weight excluding hydrogens is 2400 g/mol. The van der Waals surface area contributed by atoms with Crippen LogP contribution in [0.15, 0.2) is 219 Å². The molecule has 128 heavy (non-hydrogen) atoms. The molecule has 4 radical (unpaired) electrons. The Bertz CT molecular complexity index is 6230. The molecule has 0 fully saturated rings. The van der Waals surface area contributed by atoms with Crippen LogP contribution in [0.3, 0.4) is 0 Å². The normalized spacial score (nSPS) is 9.75. The van der Waals surface area contributed by atoms with Gasteiger partial charge < -0.3 is 39.9 Å². The van der Waals surface area contributed by atoms with Crippen LogP contribution in [0, 0.1) is 206 Å². The third-order valence-corrected chi connectivity index (χ3v) is 15.7. The van der Waals surface area contributed by atoms with Crippen LogP contribution in [-0.4, -0.2) is 59.8 Å². The van der Waals surface area contributed by atoms with Crippen molar-refractivity contribution in [2.75, 3.05) is 0 Å². The van der Waals surface area contributed by atoms with E-state index in [1.54, 1.807) is 173 Å². The number of nitrogens with zero attached hydrogens (tertiary/aromatic N) is 16. The van der Waals surface area contributed by atoms with E-state index in [0.29, 0.717) is 56.9 Å². The molecule has 0 unspecified atom stereocenters. The largest absolute Gasteiger partial charge is 0.305 e. The zero-order chi connectivity index (χ0) is 89.5. The number of halogens is 16. The first-order chi connectivity index (χ1) is 59.6. The van der Waals surface area contributed by atoms with Crippen molar-refractivity contribution in [3.05, 3.63) is 418 Å². The van der Waals surface area contributed by atoms with Crippen LogP contribution in [0.25, 0.3) is 99.7 Å². The van der Waals surface area contributed by atoms with Crippen molar-refractivity contribution in [2.45, 2.75) is 27.7 Å². The van der Waals surface area contributed by atoms with Crippen LogP contribution >= 0.6 is 0 Å². The first-order valence-electron chi connectivity index (χ1n) is 35.1. The smallest absolute Gasteiger partial charge is 0.176 e. The molecular formula is C92H48F16Ir4N16-8. The molecule has 16 nitrogen and oxygen atoms in total. The van der Waals surface area contributed by atoms with Crippen LogP contribution in [-0.2, 0) is 80.4 Å². The van der Waals surface area contributed by atoms with Gasteiger partial charge in [-0.15, -0.1) is 83.9 Å². The average Bonchev–Trinajstić information content (AvgIpc) is 0.806. The Morgan fingerprint density at radius 2 is 0.469 bits per heavy atom. The molecule has 0 spiro atoms. The molecule has 0 atom stereocenters. The summed E-state index contributed by atoms with van der Waals surface area (Å²) in [6.45, 7) is 20.6. The number of hydrogen-bond donors (Lipinski definition) is 0. The maximum absolute atomic E-state index is 13.8. The van der Waals surface area contributed by atoms with E-state index in [9.17, 15) is 70.2 Å². The Kier molecular flexibility index (Phi) is 42.1. The summed E-state index contributed by atoms with van der Waals surface area (Å²) in [6.07, 6.45) is 6.01. The SMILES string of the molecule is Cc1cccc(-c2[c-]cc(F)nc2F)n1.Cc1cccc(-c2[c-]cc(F)nc2F)n1.Fc1c[c-]c(-c2ccccn2)c(F)n1.Fc1c[c-]c(-c2ccccn2)c(F)n1.N#Cc1c(F)c[c-]c(-c2ccccn2)c1F.N#Cc1c(F)c[c-]c(-c2ccccn2)c1F.[C-]#[N+]c1c(F)c[c-]c(-c2cccc(C)n2)c1F.[C-]#[N+]c1c(F)c[c-]c(-c2cccc(C)n2)c1F.[Ir].[Ir].[Ir].[Ir]. The second-order valence-corrected chi connectivity index (χ2v) is 24.3. The maximum Gasteiger partial charge on any atom is 0.176 e. The van der Waals surface area contributed by atoms with E-state index in [0.717, 1.165) is 59.9 Å². The van der Waals surface area contributed by atoms with Gasteiger partial charge in [-0.3, -0.25) is 64.7 Å². The Labute approximate surface area is 774 Å². The number of aromatic nitrogens is 12. The summed E-state index contributed by atoms with van der Waals surface area (Å²) in [5, 5.41) is 17.2. The third-order valence-electron chi connectivity index (χ3n) is 15.7. The number of nitriles is 2. The molecule has 16 rings (SSSR count). The minimum atomic E-state index is -0.929. The number of rotatable bonds is 8.